The molecule has 46 heavy (non-hydrogen) atoms. The third kappa shape index (κ3) is 4.23. The quantitative estimate of drug-likeness (QED) is 0.0832. The summed E-state index contributed by atoms with van der Waals surface area (Å²) in [6, 6.07) is 24.2. The van der Waals surface area contributed by atoms with E-state index in [4.69, 9.17) is 4.98 Å². The number of nitrogens with zero attached hydrogens (tertiary/aromatic N) is 3. The van der Waals surface area contributed by atoms with E-state index in [-0.39, 0.29) is 16.5 Å². The third-order valence-corrected chi connectivity index (χ3v) is 8.77. The number of aryl methyl sites for hydroxylation is 2. The summed E-state index contributed by atoms with van der Waals surface area (Å²) in [6.45, 7) is 8.54. The fourth-order valence-corrected chi connectivity index (χ4v) is 6.62. The molecule has 0 fully saturated rings. The van der Waals surface area contributed by atoms with Crippen molar-refractivity contribution in [2.24, 2.45) is 7.05 Å². The lowest BCUT2D eigenvalue weighted by molar-refractivity contribution is -0.662. The molecule has 0 unspecified atom stereocenters. The van der Waals surface area contributed by atoms with E-state index in [1.54, 1.807) is 12.4 Å². The van der Waals surface area contributed by atoms with E-state index in [0.717, 1.165) is 33.2 Å². The zero-order valence-corrected chi connectivity index (χ0v) is 25.8. The third-order valence-electron chi connectivity index (χ3n) is 8.77. The van der Waals surface area contributed by atoms with Gasteiger partial charge in [0.15, 0.2) is 29.0 Å². The first-order chi connectivity index (χ1) is 21.9. The molecule has 3 nitrogen and oxygen atoms in total. The number of hydrogen-bond acceptors (Lipinski definition) is 1. The van der Waals surface area contributed by atoms with Crippen molar-refractivity contribution in [1.29, 1.82) is 0 Å². The van der Waals surface area contributed by atoms with Crippen LogP contribution in [0.3, 0.4) is 0 Å². The Kier molecular flexibility index (Phi) is 6.74. The average Bonchev–Trinajstić information content (AvgIpc) is 3.38. The number of halogens is 5. The second-order valence-electron chi connectivity index (χ2n) is 12.6. The molecule has 0 atom stereocenters. The van der Waals surface area contributed by atoms with Gasteiger partial charge in [0.05, 0.1) is 23.5 Å². The molecule has 0 radical (unpaired) electrons. The molecule has 2 heterocycles. The molecule has 7 aromatic rings. The summed E-state index contributed by atoms with van der Waals surface area (Å²) in [5.41, 5.74) is 4.55. The van der Waals surface area contributed by atoms with Crippen molar-refractivity contribution in [3.8, 4) is 28.1 Å². The van der Waals surface area contributed by atoms with Crippen LogP contribution in [0.4, 0.5) is 22.0 Å². The second-order valence-corrected chi connectivity index (χ2v) is 12.6. The molecular weight excluding hydrogens is 593 g/mol. The van der Waals surface area contributed by atoms with Gasteiger partial charge in [0.2, 0.25) is 11.3 Å². The van der Waals surface area contributed by atoms with Crippen molar-refractivity contribution in [1.82, 2.24) is 9.55 Å². The Bertz CT molecular complexity index is 2340. The van der Waals surface area contributed by atoms with E-state index in [1.807, 2.05) is 58.6 Å². The minimum absolute atomic E-state index is 0.147. The van der Waals surface area contributed by atoms with Crippen molar-refractivity contribution in [2.45, 2.75) is 33.1 Å². The Morgan fingerprint density at radius 2 is 1.24 bits per heavy atom. The molecule has 8 heteroatoms. The topological polar surface area (TPSA) is 21.7 Å². The lowest BCUT2D eigenvalue weighted by Gasteiger charge is -2.24. The Morgan fingerprint density at radius 1 is 0.652 bits per heavy atom. The van der Waals surface area contributed by atoms with E-state index in [0.29, 0.717) is 22.1 Å². The van der Waals surface area contributed by atoms with E-state index < -0.39 is 34.6 Å². The van der Waals surface area contributed by atoms with Gasteiger partial charge in [-0.3, -0.25) is 0 Å². The summed E-state index contributed by atoms with van der Waals surface area (Å²) in [4.78, 5) is 4.78. The molecule has 0 spiro atoms. The van der Waals surface area contributed by atoms with E-state index >= 15 is 8.78 Å². The standard InChI is InChI=1S/C38H29F5N3/c1-20-22-14-9-10-15-23(22)27(38(2,3)4)18-26(20)36-37-34(44-19-45(36)5)25-17-11-16-24(35(25)46(37)21-12-7-6-8-13-21)28-29(39)31(41)33(43)32(42)30(28)40/h6-19H,1-5H3/q+1. The molecule has 0 aliphatic rings. The van der Waals surface area contributed by atoms with Crippen molar-refractivity contribution in [3.63, 3.8) is 0 Å². The van der Waals surface area contributed by atoms with Gasteiger partial charge in [-0.25, -0.2) is 26.5 Å². The van der Waals surface area contributed by atoms with Crippen molar-refractivity contribution in [2.75, 3.05) is 0 Å². The fraction of sp³-hybridized carbons (Fsp3) is 0.158. The highest BCUT2D eigenvalue weighted by molar-refractivity contribution is 6.15. The maximum absolute atomic E-state index is 15.4. The minimum Gasteiger partial charge on any atom is -0.302 e. The number of rotatable bonds is 3. The van der Waals surface area contributed by atoms with Crippen molar-refractivity contribution >= 4 is 32.7 Å². The molecule has 0 aliphatic heterocycles. The summed E-state index contributed by atoms with van der Waals surface area (Å²) < 4.78 is 77.9. The summed E-state index contributed by atoms with van der Waals surface area (Å²) in [5.74, 6) is -9.99. The van der Waals surface area contributed by atoms with E-state index in [2.05, 4.69) is 45.9 Å². The maximum Gasteiger partial charge on any atom is 0.287 e. The van der Waals surface area contributed by atoms with Gasteiger partial charge in [0, 0.05) is 16.8 Å². The van der Waals surface area contributed by atoms with Crippen LogP contribution in [0.5, 0.6) is 0 Å². The minimum atomic E-state index is -2.20. The predicted molar refractivity (Wildman–Crippen MR) is 171 cm³/mol. The second kappa shape index (κ2) is 10.5. The largest absolute Gasteiger partial charge is 0.302 e. The van der Waals surface area contributed by atoms with Gasteiger partial charge in [-0.05, 0) is 63.5 Å². The average molecular weight is 623 g/mol. The molecule has 0 aliphatic carbocycles. The highest BCUT2D eigenvalue weighted by Crippen LogP contribution is 2.44. The first-order valence-corrected chi connectivity index (χ1v) is 14.8. The SMILES string of the molecule is Cc1c(-c2c3c(nc[n+]2C)c2cccc(-c4c(F)c(F)c(F)c(F)c4F)c2n3-c2ccccc2)cc(C(C)(C)C)c2ccccc12. The molecular formula is C38H29F5N3+. The summed E-state index contributed by atoms with van der Waals surface area (Å²) >= 11 is 0. The van der Waals surface area contributed by atoms with Gasteiger partial charge in [-0.15, -0.1) is 0 Å². The molecule has 2 aromatic heterocycles. The van der Waals surface area contributed by atoms with Crippen LogP contribution in [0.1, 0.15) is 31.9 Å². The zero-order chi connectivity index (χ0) is 32.7. The van der Waals surface area contributed by atoms with Gasteiger partial charge in [-0.2, -0.15) is 0 Å². The van der Waals surface area contributed by atoms with Crippen LogP contribution in [0.25, 0.3) is 60.8 Å². The van der Waals surface area contributed by atoms with Gasteiger partial charge in [0.1, 0.15) is 5.52 Å². The smallest absolute Gasteiger partial charge is 0.287 e. The van der Waals surface area contributed by atoms with Gasteiger partial charge in [-0.1, -0.05) is 75.4 Å². The zero-order valence-electron chi connectivity index (χ0n) is 25.8. The summed E-state index contributed by atoms with van der Waals surface area (Å²) in [5, 5.41) is 2.72. The number of fused-ring (bicyclic) bond motifs is 4. The van der Waals surface area contributed by atoms with Crippen LogP contribution in [-0.4, -0.2) is 9.55 Å². The van der Waals surface area contributed by atoms with Crippen molar-refractivity contribution < 1.29 is 26.5 Å². The first kappa shape index (κ1) is 29.6. The predicted octanol–water partition coefficient (Wildman–Crippen LogP) is 9.79. The lowest BCUT2D eigenvalue weighted by atomic mass is 9.80. The van der Waals surface area contributed by atoms with Gasteiger partial charge >= 0.3 is 0 Å². The molecule has 0 bridgehead atoms. The number of benzene rings is 5. The maximum atomic E-state index is 15.4. The van der Waals surface area contributed by atoms with Crippen LogP contribution in [-0.2, 0) is 12.5 Å². The summed E-state index contributed by atoms with van der Waals surface area (Å²) in [7, 11) is 1.88. The van der Waals surface area contributed by atoms with Gasteiger partial charge in [0.25, 0.3) is 6.33 Å². The van der Waals surface area contributed by atoms with E-state index in [9.17, 15) is 13.2 Å². The highest BCUT2D eigenvalue weighted by atomic mass is 19.2. The fourth-order valence-electron chi connectivity index (χ4n) is 6.62. The summed E-state index contributed by atoms with van der Waals surface area (Å²) in [6.07, 6.45) is 1.68. The molecule has 5 aromatic carbocycles. The Morgan fingerprint density at radius 3 is 1.89 bits per heavy atom. The van der Waals surface area contributed by atoms with Gasteiger partial charge < -0.3 is 4.57 Å². The van der Waals surface area contributed by atoms with Crippen LogP contribution in [0.2, 0.25) is 0 Å². The Balaban J connectivity index is 1.72. The van der Waals surface area contributed by atoms with Crippen LogP contribution in [0, 0.1) is 36.0 Å². The van der Waals surface area contributed by atoms with Crippen molar-refractivity contribution in [3.05, 3.63) is 125 Å². The first-order valence-electron chi connectivity index (χ1n) is 14.8. The molecule has 0 N–H and O–H groups in total. The monoisotopic (exact) mass is 622 g/mol. The van der Waals surface area contributed by atoms with Crippen LogP contribution >= 0.6 is 0 Å². The number of aromatic nitrogens is 3. The highest BCUT2D eigenvalue weighted by Gasteiger charge is 2.32. The van der Waals surface area contributed by atoms with E-state index in [1.165, 1.54) is 12.1 Å². The number of hydrogen-bond donors (Lipinski definition) is 0. The molecule has 230 valence electrons. The molecule has 0 saturated carbocycles. The molecule has 0 amide bonds. The Labute approximate surface area is 262 Å². The molecule has 0 saturated heterocycles. The number of para-hydroxylation sites is 2. The van der Waals surface area contributed by atoms with Crippen LogP contribution in [0.15, 0.2) is 85.2 Å². The Hall–Kier alpha value is -5.11. The lowest BCUT2D eigenvalue weighted by Crippen LogP contribution is -2.32. The molecule has 7 rings (SSSR count). The normalized spacial score (nSPS) is 12.1. The van der Waals surface area contributed by atoms with Crippen LogP contribution < -0.4 is 4.57 Å².